The molecule has 0 saturated carbocycles. The summed E-state index contributed by atoms with van der Waals surface area (Å²) in [6.07, 6.45) is 10.0. The van der Waals surface area contributed by atoms with E-state index in [1.165, 1.54) is 0 Å². The first kappa shape index (κ1) is 22.5. The van der Waals surface area contributed by atoms with Gasteiger partial charge in [-0.15, -0.1) is 6.42 Å². The third kappa shape index (κ3) is 25.2. The standard InChI is InChI=1S/C5H5.2CH4O.ClH.Ti/c1-2-4-5-3-1;2*1-2;;/h1-3H,4H2;2*2H,1H3;1H;/q-1;;;;+2/p-1. The van der Waals surface area contributed by atoms with Crippen LogP contribution in [0.1, 0.15) is 6.42 Å². The van der Waals surface area contributed by atoms with Crippen LogP contribution >= 0.6 is 0 Å². The zero-order chi connectivity index (χ0) is 7.54. The summed E-state index contributed by atoms with van der Waals surface area (Å²) in [5.74, 6) is 0. The van der Waals surface area contributed by atoms with E-state index in [0.29, 0.717) is 0 Å². The van der Waals surface area contributed by atoms with Crippen molar-refractivity contribution in [3.63, 3.8) is 0 Å². The molecule has 1 rings (SSSR count). The van der Waals surface area contributed by atoms with E-state index in [9.17, 15) is 0 Å². The second kappa shape index (κ2) is 31.5. The minimum absolute atomic E-state index is 0. The third-order valence-electron chi connectivity index (χ3n) is 0.586. The molecule has 0 spiro atoms. The van der Waals surface area contributed by atoms with E-state index in [4.69, 9.17) is 10.2 Å². The Labute approximate surface area is 89.3 Å². The Morgan fingerprint density at radius 1 is 1.18 bits per heavy atom. The van der Waals surface area contributed by atoms with Crippen LogP contribution in [0.3, 0.4) is 0 Å². The summed E-state index contributed by atoms with van der Waals surface area (Å²) in [4.78, 5) is 0. The van der Waals surface area contributed by atoms with E-state index < -0.39 is 0 Å². The molecule has 0 aliphatic heterocycles. The summed E-state index contributed by atoms with van der Waals surface area (Å²) in [5.41, 5.74) is 0. The largest absolute Gasteiger partial charge is 2.00 e. The number of rotatable bonds is 0. The van der Waals surface area contributed by atoms with Crippen molar-refractivity contribution in [3.05, 3.63) is 24.3 Å². The van der Waals surface area contributed by atoms with Crippen LogP contribution in [0.15, 0.2) is 18.2 Å². The van der Waals surface area contributed by atoms with Crippen molar-refractivity contribution in [1.29, 1.82) is 0 Å². The molecule has 0 fully saturated rings. The van der Waals surface area contributed by atoms with Crippen LogP contribution in [0, 0.1) is 6.08 Å². The van der Waals surface area contributed by atoms with Crippen LogP contribution in [-0.4, -0.2) is 24.4 Å². The molecule has 0 aromatic heterocycles. The summed E-state index contributed by atoms with van der Waals surface area (Å²) in [5, 5.41) is 14.0. The van der Waals surface area contributed by atoms with Gasteiger partial charge in [0, 0.05) is 14.2 Å². The van der Waals surface area contributed by atoms with Crippen molar-refractivity contribution in [2.45, 2.75) is 6.42 Å². The van der Waals surface area contributed by atoms with Gasteiger partial charge >= 0.3 is 21.7 Å². The van der Waals surface area contributed by atoms with Gasteiger partial charge in [-0.3, -0.25) is 6.08 Å². The molecule has 2 N–H and O–H groups in total. The van der Waals surface area contributed by atoms with Crippen LogP contribution in [-0.2, 0) is 21.7 Å². The fourth-order valence-electron chi connectivity index (χ4n) is 0.340. The van der Waals surface area contributed by atoms with Crippen molar-refractivity contribution in [3.8, 4) is 0 Å². The van der Waals surface area contributed by atoms with Gasteiger partial charge in [0.25, 0.3) is 0 Å². The van der Waals surface area contributed by atoms with Crippen molar-refractivity contribution in [1.82, 2.24) is 0 Å². The Balaban J connectivity index is -0.0000000369. The van der Waals surface area contributed by atoms with Crippen molar-refractivity contribution >= 4 is 0 Å². The number of halogens is 1. The average Bonchev–Trinajstić information content (AvgIpc) is 2.51. The summed E-state index contributed by atoms with van der Waals surface area (Å²) in [6, 6.07) is 0. The molecule has 2 nitrogen and oxygen atoms in total. The van der Waals surface area contributed by atoms with E-state index in [-0.39, 0.29) is 34.1 Å². The van der Waals surface area contributed by atoms with E-state index in [1.54, 1.807) is 0 Å². The van der Waals surface area contributed by atoms with Crippen molar-refractivity contribution < 1.29 is 44.3 Å². The fraction of sp³-hybridized carbons (Fsp3) is 0.429. The van der Waals surface area contributed by atoms with E-state index in [2.05, 4.69) is 12.2 Å². The Morgan fingerprint density at radius 3 is 1.73 bits per heavy atom. The molecule has 1 aliphatic rings. The van der Waals surface area contributed by atoms with E-state index in [0.717, 1.165) is 20.6 Å². The maximum absolute atomic E-state index is 7.00. The fourth-order valence-corrected chi connectivity index (χ4v) is 0.340. The molecule has 0 amide bonds. The summed E-state index contributed by atoms with van der Waals surface area (Å²) in [7, 11) is 2.00. The van der Waals surface area contributed by atoms with Crippen LogP contribution in [0.4, 0.5) is 0 Å². The van der Waals surface area contributed by atoms with Gasteiger partial charge in [0.05, 0.1) is 0 Å². The average molecular weight is 212 g/mol. The van der Waals surface area contributed by atoms with Crippen molar-refractivity contribution in [2.24, 2.45) is 0 Å². The quantitative estimate of drug-likeness (QED) is 0.345. The molecule has 0 heterocycles. The molecule has 1 aliphatic carbocycles. The monoisotopic (exact) mass is 212 g/mol. The van der Waals surface area contributed by atoms with Crippen LogP contribution in [0.5, 0.6) is 0 Å². The number of aliphatic hydroxyl groups is 2. The zero-order valence-electron chi connectivity index (χ0n) is 6.71. The molecule has 0 aromatic rings. The summed E-state index contributed by atoms with van der Waals surface area (Å²) in [6.45, 7) is 0. The first-order chi connectivity index (χ1) is 4.50. The second-order valence-electron chi connectivity index (χ2n) is 1.00. The van der Waals surface area contributed by atoms with E-state index in [1.807, 2.05) is 12.2 Å². The molecular weight excluding hydrogens is 199 g/mol. The second-order valence-corrected chi connectivity index (χ2v) is 1.00. The Bertz CT molecular complexity index is 74.5. The minimum atomic E-state index is 0. The molecule has 0 saturated heterocycles. The molecule has 0 aromatic carbocycles. The molecule has 4 heteroatoms. The molecular formula is C7H13ClO2Ti. The first-order valence-electron chi connectivity index (χ1n) is 2.61. The molecule has 11 heavy (non-hydrogen) atoms. The number of hydrogen-bond acceptors (Lipinski definition) is 2. The summed E-state index contributed by atoms with van der Waals surface area (Å²) >= 11 is 0. The van der Waals surface area contributed by atoms with Gasteiger partial charge in [-0.05, 0) is 0 Å². The normalized spacial score (nSPS) is 9.09. The molecule has 0 unspecified atom stereocenters. The van der Waals surface area contributed by atoms with Gasteiger partial charge in [0.15, 0.2) is 0 Å². The predicted molar refractivity (Wildman–Crippen MR) is 37.9 cm³/mol. The Hall–Kier alpha value is 0.404. The van der Waals surface area contributed by atoms with Gasteiger partial charge in [0.2, 0.25) is 0 Å². The van der Waals surface area contributed by atoms with Gasteiger partial charge in [-0.2, -0.15) is 6.08 Å². The third-order valence-corrected chi connectivity index (χ3v) is 0.586. The van der Waals surface area contributed by atoms with Crippen molar-refractivity contribution in [2.75, 3.05) is 14.2 Å². The van der Waals surface area contributed by atoms with Gasteiger partial charge in [0.1, 0.15) is 0 Å². The zero-order valence-corrected chi connectivity index (χ0v) is 9.03. The number of hydrogen-bond donors (Lipinski definition) is 2. The predicted octanol–water partition coefficient (Wildman–Crippen LogP) is -2.48. The molecule has 0 radical (unpaired) electrons. The molecule has 64 valence electrons. The number of allylic oxidation sites excluding steroid dienone is 4. The maximum Gasteiger partial charge on any atom is 2.00 e. The molecule has 0 atom stereocenters. The Kier molecular flexibility index (Phi) is 64.5. The topological polar surface area (TPSA) is 40.5 Å². The first-order valence-corrected chi connectivity index (χ1v) is 2.61. The minimum Gasteiger partial charge on any atom is -1.00 e. The van der Waals surface area contributed by atoms with Gasteiger partial charge < -0.3 is 22.6 Å². The number of aliphatic hydroxyl groups excluding tert-OH is 2. The Morgan fingerprint density at radius 2 is 1.64 bits per heavy atom. The van der Waals surface area contributed by atoms with Crippen LogP contribution < -0.4 is 12.4 Å². The van der Waals surface area contributed by atoms with Gasteiger partial charge in [-0.1, -0.05) is 0 Å². The smallest absolute Gasteiger partial charge is 1.00 e. The molecule has 0 bridgehead atoms. The van der Waals surface area contributed by atoms with E-state index >= 15 is 0 Å². The summed E-state index contributed by atoms with van der Waals surface area (Å²) < 4.78 is 0. The van der Waals surface area contributed by atoms with Gasteiger partial charge in [-0.25, -0.2) is 12.2 Å². The maximum atomic E-state index is 7.00. The van der Waals surface area contributed by atoms with Crippen LogP contribution in [0.2, 0.25) is 0 Å². The van der Waals surface area contributed by atoms with Crippen LogP contribution in [0.25, 0.3) is 0 Å². The SMILES string of the molecule is CO.CO.[C-]1=CC=CC1.[Cl-].[Ti+2].